The van der Waals surface area contributed by atoms with Crippen molar-refractivity contribution in [2.75, 3.05) is 13.2 Å². The minimum atomic E-state index is -1.71. The Morgan fingerprint density at radius 1 is 0.895 bits per heavy atom. The van der Waals surface area contributed by atoms with Gasteiger partial charge in [-0.2, -0.15) is 0 Å². The first-order chi connectivity index (χ1) is 18.1. The van der Waals surface area contributed by atoms with E-state index >= 15 is 0 Å². The molecular formula is C24H34N6O8. The molecule has 1 aromatic heterocycles. The predicted molar refractivity (Wildman–Crippen MR) is 136 cm³/mol. The molecule has 0 saturated heterocycles. The summed E-state index contributed by atoms with van der Waals surface area (Å²) >= 11 is 0. The van der Waals surface area contributed by atoms with E-state index in [4.69, 9.17) is 16.6 Å². The number of aliphatic hydroxyl groups is 1. The monoisotopic (exact) mass is 534 g/mol. The van der Waals surface area contributed by atoms with Gasteiger partial charge in [0.05, 0.1) is 13.0 Å². The number of nitrogens with one attached hydrogen (secondary N) is 4. The molecular weight excluding hydrogens is 500 g/mol. The molecule has 0 fully saturated rings. The van der Waals surface area contributed by atoms with Gasteiger partial charge < -0.3 is 47.7 Å². The maximum absolute atomic E-state index is 13.3. The Hall–Kier alpha value is -4.01. The summed E-state index contributed by atoms with van der Waals surface area (Å²) in [6.07, 6.45) is 1.82. The van der Waals surface area contributed by atoms with Gasteiger partial charge in [0.2, 0.25) is 17.7 Å². The number of hydrogen-bond acceptors (Lipinski definition) is 8. The lowest BCUT2D eigenvalue weighted by Gasteiger charge is -2.25. The van der Waals surface area contributed by atoms with Crippen LogP contribution in [-0.2, 0) is 30.4 Å². The molecule has 3 amide bonds. The first kappa shape index (κ1) is 30.2. The fourth-order valence-electron chi connectivity index (χ4n) is 3.77. The Morgan fingerprint density at radius 3 is 2.16 bits per heavy atom. The quantitative estimate of drug-likeness (QED) is 0.109. The maximum Gasteiger partial charge on any atom is 0.326 e. The Bertz CT molecular complexity index is 1140. The Balaban J connectivity index is 2.28. The van der Waals surface area contributed by atoms with Crippen LogP contribution in [0.5, 0.6) is 0 Å². The van der Waals surface area contributed by atoms with Crippen LogP contribution in [0.25, 0.3) is 10.9 Å². The Labute approximate surface area is 218 Å². The number of H-pyrrole nitrogens is 1. The topological polar surface area (TPSA) is 250 Å². The zero-order valence-corrected chi connectivity index (χ0v) is 20.7. The van der Waals surface area contributed by atoms with Gasteiger partial charge in [0, 0.05) is 23.5 Å². The number of carboxylic acids is 2. The van der Waals surface area contributed by atoms with Gasteiger partial charge in [0.15, 0.2) is 0 Å². The number of amides is 3. The first-order valence-electron chi connectivity index (χ1n) is 12.0. The van der Waals surface area contributed by atoms with E-state index < -0.39 is 66.9 Å². The number of aliphatic hydroxyl groups excluding tert-OH is 1. The number of carbonyl (C=O) groups excluding carboxylic acids is 3. The molecule has 4 atom stereocenters. The van der Waals surface area contributed by atoms with Crippen molar-refractivity contribution < 1.29 is 39.3 Å². The van der Waals surface area contributed by atoms with Gasteiger partial charge in [-0.05, 0) is 37.4 Å². The number of carbonyl (C=O) groups is 5. The third kappa shape index (κ3) is 8.83. The van der Waals surface area contributed by atoms with Crippen molar-refractivity contribution in [3.8, 4) is 0 Å². The lowest BCUT2D eigenvalue weighted by Crippen LogP contribution is -2.58. The van der Waals surface area contributed by atoms with Crippen molar-refractivity contribution in [3.05, 3.63) is 36.0 Å². The van der Waals surface area contributed by atoms with E-state index in [1.807, 2.05) is 24.3 Å². The molecule has 38 heavy (non-hydrogen) atoms. The molecule has 14 heteroatoms. The number of aromatic nitrogens is 1. The molecule has 2 rings (SSSR count). The van der Waals surface area contributed by atoms with Gasteiger partial charge in [-0.15, -0.1) is 0 Å². The highest BCUT2D eigenvalue weighted by atomic mass is 16.4. The average molecular weight is 535 g/mol. The van der Waals surface area contributed by atoms with Crippen molar-refractivity contribution in [1.29, 1.82) is 0 Å². The van der Waals surface area contributed by atoms with Crippen LogP contribution < -0.4 is 27.4 Å². The molecule has 0 aliphatic rings. The molecule has 14 nitrogen and oxygen atoms in total. The second-order valence-corrected chi connectivity index (χ2v) is 8.76. The van der Waals surface area contributed by atoms with Gasteiger partial charge in [-0.3, -0.25) is 19.2 Å². The van der Waals surface area contributed by atoms with E-state index in [2.05, 4.69) is 20.9 Å². The number of hydrogen-bond donors (Lipinski definition) is 9. The molecule has 0 spiro atoms. The van der Waals surface area contributed by atoms with Crippen LogP contribution in [0.2, 0.25) is 0 Å². The number of rotatable bonds is 16. The van der Waals surface area contributed by atoms with E-state index in [-0.39, 0.29) is 12.8 Å². The van der Waals surface area contributed by atoms with Gasteiger partial charge in [0.25, 0.3) is 0 Å². The van der Waals surface area contributed by atoms with Crippen LogP contribution in [0, 0.1) is 0 Å². The van der Waals surface area contributed by atoms with E-state index in [1.54, 1.807) is 6.20 Å². The summed E-state index contributed by atoms with van der Waals surface area (Å²) in [5, 5.41) is 35.5. The fraction of sp³-hybridized carbons (Fsp3) is 0.458. The molecule has 1 aromatic carbocycles. The first-order valence-corrected chi connectivity index (χ1v) is 12.0. The summed E-state index contributed by atoms with van der Waals surface area (Å²) in [5.74, 6) is -5.41. The number of benzene rings is 1. The van der Waals surface area contributed by atoms with Crippen LogP contribution in [0.1, 0.15) is 31.2 Å². The molecule has 0 bridgehead atoms. The third-order valence-corrected chi connectivity index (χ3v) is 5.84. The van der Waals surface area contributed by atoms with Crippen molar-refractivity contribution in [1.82, 2.24) is 20.9 Å². The second-order valence-electron chi connectivity index (χ2n) is 8.76. The van der Waals surface area contributed by atoms with Crippen molar-refractivity contribution in [2.24, 2.45) is 11.5 Å². The van der Waals surface area contributed by atoms with E-state index in [9.17, 15) is 34.2 Å². The number of aromatic amines is 1. The summed E-state index contributed by atoms with van der Waals surface area (Å²) in [6, 6.07) is 1.85. The maximum atomic E-state index is 13.3. The zero-order chi connectivity index (χ0) is 28.2. The van der Waals surface area contributed by atoms with Crippen LogP contribution >= 0.6 is 0 Å². The van der Waals surface area contributed by atoms with Gasteiger partial charge in [0.1, 0.15) is 24.2 Å². The van der Waals surface area contributed by atoms with E-state index in [0.717, 1.165) is 10.9 Å². The smallest absolute Gasteiger partial charge is 0.326 e. The SMILES string of the molecule is NCCCCC(NC(=O)C(Cc1c[nH]c2ccccc12)NC(=O)C(N)CO)C(=O)NC(CC(=O)O)C(=O)O. The normalized spacial score (nSPS) is 14.2. The van der Waals surface area contributed by atoms with Gasteiger partial charge in [-0.25, -0.2) is 4.79 Å². The minimum Gasteiger partial charge on any atom is -0.481 e. The summed E-state index contributed by atoms with van der Waals surface area (Å²) in [4.78, 5) is 64.2. The number of fused-ring (bicyclic) bond motifs is 1. The Kier molecular flexibility index (Phi) is 11.7. The molecule has 11 N–H and O–H groups in total. The number of para-hydroxylation sites is 1. The highest BCUT2D eigenvalue weighted by Crippen LogP contribution is 2.19. The van der Waals surface area contributed by atoms with Gasteiger partial charge >= 0.3 is 11.9 Å². The lowest BCUT2D eigenvalue weighted by atomic mass is 10.0. The Morgan fingerprint density at radius 2 is 1.53 bits per heavy atom. The predicted octanol–water partition coefficient (Wildman–Crippen LogP) is -1.83. The van der Waals surface area contributed by atoms with Gasteiger partial charge in [-0.1, -0.05) is 18.2 Å². The highest BCUT2D eigenvalue weighted by molar-refractivity contribution is 5.95. The molecule has 208 valence electrons. The summed E-state index contributed by atoms with van der Waals surface area (Å²) in [6.45, 7) is -0.338. The molecule has 0 aliphatic heterocycles. The lowest BCUT2D eigenvalue weighted by molar-refractivity contribution is -0.147. The van der Waals surface area contributed by atoms with Crippen molar-refractivity contribution >= 4 is 40.6 Å². The second kappa shape index (κ2) is 14.7. The fourth-order valence-corrected chi connectivity index (χ4v) is 3.77. The van der Waals surface area contributed by atoms with Crippen LogP contribution in [-0.4, -0.2) is 87.3 Å². The van der Waals surface area contributed by atoms with E-state index in [0.29, 0.717) is 24.9 Å². The molecule has 1 heterocycles. The molecule has 2 aromatic rings. The number of unbranched alkanes of at least 4 members (excludes halogenated alkanes) is 1. The van der Waals surface area contributed by atoms with Crippen molar-refractivity contribution in [3.63, 3.8) is 0 Å². The largest absolute Gasteiger partial charge is 0.481 e. The zero-order valence-electron chi connectivity index (χ0n) is 20.7. The molecule has 0 saturated carbocycles. The van der Waals surface area contributed by atoms with Crippen LogP contribution in [0.15, 0.2) is 30.5 Å². The van der Waals surface area contributed by atoms with E-state index in [1.165, 1.54) is 0 Å². The molecule has 4 unspecified atom stereocenters. The minimum absolute atomic E-state index is 0.00758. The molecule has 0 aliphatic carbocycles. The van der Waals surface area contributed by atoms with Crippen LogP contribution in [0.3, 0.4) is 0 Å². The number of nitrogens with two attached hydrogens (primary N) is 2. The number of carboxylic acid groups (broad SMARTS) is 2. The average Bonchev–Trinajstić information content (AvgIpc) is 3.29. The highest BCUT2D eigenvalue weighted by Gasteiger charge is 2.31. The molecule has 0 radical (unpaired) electrons. The third-order valence-electron chi connectivity index (χ3n) is 5.84. The standard InChI is InChI=1S/C24H34N6O8/c25-8-4-3-7-17(22(35)30-19(24(37)38)10-20(32)33)28-23(36)18(29-21(34)15(26)12-31)9-13-11-27-16-6-2-1-5-14(13)16/h1-2,5-6,11,15,17-19,27,31H,3-4,7-10,12,25-26H2,(H,28,36)(H,29,34)(H,30,35)(H,32,33)(H,37,38). The van der Waals surface area contributed by atoms with Crippen LogP contribution in [0.4, 0.5) is 0 Å². The summed E-state index contributed by atoms with van der Waals surface area (Å²) in [5.41, 5.74) is 12.6. The summed E-state index contributed by atoms with van der Waals surface area (Å²) < 4.78 is 0. The van der Waals surface area contributed by atoms with Crippen molar-refractivity contribution in [2.45, 2.75) is 56.3 Å². The number of aliphatic carboxylic acids is 2. The summed E-state index contributed by atoms with van der Waals surface area (Å²) in [7, 11) is 0.